The molecule has 1 aliphatic carbocycles. The van der Waals surface area contributed by atoms with Crippen LogP contribution in [0.3, 0.4) is 0 Å². The third kappa shape index (κ3) is 3.80. The van der Waals surface area contributed by atoms with Crippen molar-refractivity contribution in [1.82, 2.24) is 5.32 Å². The van der Waals surface area contributed by atoms with Gasteiger partial charge in [-0.05, 0) is 42.5 Å². The van der Waals surface area contributed by atoms with Gasteiger partial charge in [0.15, 0.2) is 11.5 Å². The molecule has 1 fully saturated rings. The summed E-state index contributed by atoms with van der Waals surface area (Å²) in [5, 5.41) is 3.32. The summed E-state index contributed by atoms with van der Waals surface area (Å²) in [7, 11) is 3.25. The second-order valence-corrected chi connectivity index (χ2v) is 7.20. The highest BCUT2D eigenvalue weighted by molar-refractivity contribution is 5.89. The molecule has 1 aliphatic rings. The normalized spacial score (nSPS) is 16.6. The summed E-state index contributed by atoms with van der Waals surface area (Å²) in [6, 6.07) is 16.0. The van der Waals surface area contributed by atoms with Crippen molar-refractivity contribution in [2.24, 2.45) is 0 Å². The first kappa shape index (κ1) is 19.3. The molecule has 4 nitrogen and oxygen atoms in total. The minimum Gasteiger partial charge on any atom is -0.493 e. The molecule has 1 atom stereocenters. The zero-order chi connectivity index (χ0) is 19.3. The Labute approximate surface area is 161 Å². The zero-order valence-corrected chi connectivity index (χ0v) is 16.5. The highest BCUT2D eigenvalue weighted by Gasteiger charge is 2.43. The Bertz CT molecular complexity index is 766. The van der Waals surface area contributed by atoms with E-state index >= 15 is 0 Å². The van der Waals surface area contributed by atoms with E-state index in [4.69, 9.17) is 9.47 Å². The third-order valence-corrected chi connectivity index (χ3v) is 5.74. The fourth-order valence-electron chi connectivity index (χ4n) is 4.17. The van der Waals surface area contributed by atoms with Gasteiger partial charge in [-0.1, -0.05) is 56.2 Å². The van der Waals surface area contributed by atoms with Crippen molar-refractivity contribution < 1.29 is 14.3 Å². The molecule has 27 heavy (non-hydrogen) atoms. The van der Waals surface area contributed by atoms with E-state index in [9.17, 15) is 4.79 Å². The molecule has 1 amide bonds. The predicted molar refractivity (Wildman–Crippen MR) is 107 cm³/mol. The van der Waals surface area contributed by atoms with Crippen molar-refractivity contribution in [3.8, 4) is 11.5 Å². The van der Waals surface area contributed by atoms with Crippen LogP contribution in [0, 0.1) is 0 Å². The van der Waals surface area contributed by atoms with E-state index in [1.807, 2.05) is 36.4 Å². The number of ether oxygens (including phenoxy) is 2. The van der Waals surface area contributed by atoms with E-state index in [1.165, 1.54) is 0 Å². The molecule has 0 spiro atoms. The summed E-state index contributed by atoms with van der Waals surface area (Å²) in [4.78, 5) is 13.4. The van der Waals surface area contributed by atoms with Crippen molar-refractivity contribution in [3.63, 3.8) is 0 Å². The molecule has 3 rings (SSSR count). The van der Waals surface area contributed by atoms with Crippen LogP contribution >= 0.6 is 0 Å². The molecule has 0 heterocycles. The maximum Gasteiger partial charge on any atom is 0.231 e. The standard InChI is InChI=1S/C23H29NO3/c1-4-19(17-12-13-20(26-2)21(16-17)27-3)24-22(25)23(14-8-9-15-23)18-10-6-5-7-11-18/h5-7,10-13,16,19H,4,8-9,14-15H2,1-3H3,(H,24,25). The average Bonchev–Trinajstić information content (AvgIpc) is 3.23. The maximum absolute atomic E-state index is 13.4. The molecule has 1 saturated carbocycles. The smallest absolute Gasteiger partial charge is 0.231 e. The van der Waals surface area contributed by atoms with E-state index in [1.54, 1.807) is 14.2 Å². The number of hydrogen-bond donors (Lipinski definition) is 1. The maximum atomic E-state index is 13.4. The lowest BCUT2D eigenvalue weighted by Gasteiger charge is -2.31. The van der Waals surface area contributed by atoms with Crippen LogP contribution in [-0.4, -0.2) is 20.1 Å². The lowest BCUT2D eigenvalue weighted by molar-refractivity contribution is -0.127. The van der Waals surface area contributed by atoms with Gasteiger partial charge in [0.2, 0.25) is 5.91 Å². The fourth-order valence-corrected chi connectivity index (χ4v) is 4.17. The van der Waals surface area contributed by atoms with Crippen LogP contribution in [-0.2, 0) is 10.2 Å². The van der Waals surface area contributed by atoms with Gasteiger partial charge in [-0.2, -0.15) is 0 Å². The molecule has 1 unspecified atom stereocenters. The van der Waals surface area contributed by atoms with Crippen LogP contribution in [0.1, 0.15) is 56.2 Å². The van der Waals surface area contributed by atoms with E-state index in [-0.39, 0.29) is 11.9 Å². The van der Waals surface area contributed by atoms with Gasteiger partial charge in [0.1, 0.15) is 0 Å². The lowest BCUT2D eigenvalue weighted by atomic mass is 9.77. The summed E-state index contributed by atoms with van der Waals surface area (Å²) >= 11 is 0. The lowest BCUT2D eigenvalue weighted by Crippen LogP contribution is -2.44. The first-order chi connectivity index (χ1) is 13.1. The first-order valence-corrected chi connectivity index (χ1v) is 9.73. The average molecular weight is 367 g/mol. The van der Waals surface area contributed by atoms with E-state index in [0.29, 0.717) is 11.5 Å². The van der Waals surface area contributed by atoms with Crippen molar-refractivity contribution >= 4 is 5.91 Å². The van der Waals surface area contributed by atoms with Crippen molar-refractivity contribution in [2.75, 3.05) is 14.2 Å². The Balaban J connectivity index is 1.86. The Kier molecular flexibility index (Phi) is 6.04. The predicted octanol–water partition coefficient (Wildman–Crippen LogP) is 4.78. The van der Waals surface area contributed by atoms with E-state index in [0.717, 1.165) is 43.2 Å². The number of rotatable bonds is 7. The number of amides is 1. The van der Waals surface area contributed by atoms with Crippen LogP contribution in [0.25, 0.3) is 0 Å². The summed E-state index contributed by atoms with van der Waals surface area (Å²) in [5.41, 5.74) is 1.75. The highest BCUT2D eigenvalue weighted by atomic mass is 16.5. The van der Waals surface area contributed by atoms with Gasteiger partial charge < -0.3 is 14.8 Å². The number of carbonyl (C=O) groups excluding carboxylic acids is 1. The molecule has 0 saturated heterocycles. The van der Waals surface area contributed by atoms with Gasteiger partial charge in [0.25, 0.3) is 0 Å². The molecular weight excluding hydrogens is 338 g/mol. The molecule has 0 aromatic heterocycles. The van der Waals surface area contributed by atoms with Gasteiger partial charge in [-0.15, -0.1) is 0 Å². The van der Waals surface area contributed by atoms with E-state index < -0.39 is 5.41 Å². The summed E-state index contributed by atoms with van der Waals surface area (Å²) < 4.78 is 10.8. The van der Waals surface area contributed by atoms with Crippen LogP contribution in [0.4, 0.5) is 0 Å². The van der Waals surface area contributed by atoms with Gasteiger partial charge in [-0.3, -0.25) is 4.79 Å². The Morgan fingerprint density at radius 2 is 1.70 bits per heavy atom. The molecule has 0 aliphatic heterocycles. The number of hydrogen-bond acceptors (Lipinski definition) is 3. The zero-order valence-electron chi connectivity index (χ0n) is 16.5. The molecule has 1 N–H and O–H groups in total. The van der Waals surface area contributed by atoms with Crippen LogP contribution in [0.15, 0.2) is 48.5 Å². The monoisotopic (exact) mass is 367 g/mol. The van der Waals surface area contributed by atoms with Gasteiger partial charge in [0, 0.05) is 0 Å². The van der Waals surface area contributed by atoms with Crippen molar-refractivity contribution in [3.05, 3.63) is 59.7 Å². The van der Waals surface area contributed by atoms with Crippen molar-refractivity contribution in [2.45, 2.75) is 50.5 Å². The molecular formula is C23H29NO3. The Morgan fingerprint density at radius 1 is 1.04 bits per heavy atom. The molecule has 4 heteroatoms. The third-order valence-electron chi connectivity index (χ3n) is 5.74. The summed E-state index contributed by atoms with van der Waals surface area (Å²) in [6.45, 7) is 2.09. The minimum atomic E-state index is -0.411. The van der Waals surface area contributed by atoms with Gasteiger partial charge in [-0.25, -0.2) is 0 Å². The largest absolute Gasteiger partial charge is 0.493 e. The number of methoxy groups -OCH3 is 2. The molecule has 0 bridgehead atoms. The molecule has 2 aromatic carbocycles. The Hall–Kier alpha value is -2.49. The van der Waals surface area contributed by atoms with E-state index in [2.05, 4.69) is 24.4 Å². The second-order valence-electron chi connectivity index (χ2n) is 7.20. The number of benzene rings is 2. The molecule has 0 radical (unpaired) electrons. The van der Waals surface area contributed by atoms with Gasteiger partial charge >= 0.3 is 0 Å². The van der Waals surface area contributed by atoms with Crippen LogP contribution < -0.4 is 14.8 Å². The summed E-state index contributed by atoms with van der Waals surface area (Å²) in [5.74, 6) is 1.51. The molecule has 144 valence electrons. The molecule has 2 aromatic rings. The summed E-state index contributed by atoms with van der Waals surface area (Å²) in [6.07, 6.45) is 4.81. The van der Waals surface area contributed by atoms with Crippen LogP contribution in [0.5, 0.6) is 11.5 Å². The fraction of sp³-hybridized carbons (Fsp3) is 0.435. The Morgan fingerprint density at radius 3 is 2.30 bits per heavy atom. The number of carbonyl (C=O) groups is 1. The first-order valence-electron chi connectivity index (χ1n) is 9.73. The SMILES string of the molecule is CCC(NC(=O)C1(c2ccccc2)CCCC1)c1ccc(OC)c(OC)c1. The van der Waals surface area contributed by atoms with Gasteiger partial charge in [0.05, 0.1) is 25.7 Å². The van der Waals surface area contributed by atoms with Crippen molar-refractivity contribution in [1.29, 1.82) is 0 Å². The second kappa shape index (κ2) is 8.47. The number of nitrogens with one attached hydrogen (secondary N) is 1. The topological polar surface area (TPSA) is 47.6 Å². The highest BCUT2D eigenvalue weighted by Crippen LogP contribution is 2.42. The minimum absolute atomic E-state index is 0.0570. The quantitative estimate of drug-likeness (QED) is 0.766. The van der Waals surface area contributed by atoms with Crippen LogP contribution in [0.2, 0.25) is 0 Å².